The number of nitrogens with zero attached hydrogens (tertiary/aromatic N) is 2. The summed E-state index contributed by atoms with van der Waals surface area (Å²) < 4.78 is 7.12. The van der Waals surface area contributed by atoms with Gasteiger partial charge in [-0.3, -0.25) is 4.79 Å². The van der Waals surface area contributed by atoms with Gasteiger partial charge in [0.2, 0.25) is 0 Å². The predicted octanol–water partition coefficient (Wildman–Crippen LogP) is 1.20. The van der Waals surface area contributed by atoms with Crippen LogP contribution in [0.15, 0.2) is 30.6 Å². The van der Waals surface area contributed by atoms with Crippen LogP contribution in [0.1, 0.15) is 18.5 Å². The maximum Gasteiger partial charge on any atom is 0.310 e. The Labute approximate surface area is 111 Å². The van der Waals surface area contributed by atoms with Gasteiger partial charge < -0.3 is 14.5 Å². The maximum atomic E-state index is 11.9. The van der Waals surface area contributed by atoms with Gasteiger partial charge in [0.25, 0.3) is 0 Å². The average Bonchev–Trinajstić information content (AvgIpc) is 3.05. The molecule has 0 spiro atoms. The SMILES string of the molecule is CCOC(=O)C1CNCC1c1cn2ccccc2n1. The molecule has 1 N–H and O–H groups in total. The van der Waals surface area contributed by atoms with Crippen LogP contribution < -0.4 is 5.32 Å². The van der Waals surface area contributed by atoms with Crippen LogP contribution in [0, 0.1) is 5.92 Å². The Morgan fingerprint density at radius 3 is 3.21 bits per heavy atom. The lowest BCUT2D eigenvalue weighted by Gasteiger charge is -2.14. The molecule has 100 valence electrons. The number of ether oxygens (including phenoxy) is 1. The highest BCUT2D eigenvalue weighted by molar-refractivity contribution is 5.74. The van der Waals surface area contributed by atoms with E-state index in [1.54, 1.807) is 0 Å². The third-order valence-corrected chi connectivity index (χ3v) is 3.57. The Hall–Kier alpha value is -1.88. The molecular weight excluding hydrogens is 242 g/mol. The second-order valence-corrected chi connectivity index (χ2v) is 4.76. The van der Waals surface area contributed by atoms with Crippen LogP contribution in [0.4, 0.5) is 0 Å². The predicted molar refractivity (Wildman–Crippen MR) is 70.9 cm³/mol. The van der Waals surface area contributed by atoms with E-state index in [0.717, 1.165) is 17.9 Å². The molecular formula is C14H17N3O2. The fraction of sp³-hybridized carbons (Fsp3) is 0.429. The first kappa shape index (κ1) is 12.2. The number of hydrogen-bond donors (Lipinski definition) is 1. The van der Waals surface area contributed by atoms with Crippen molar-refractivity contribution in [1.82, 2.24) is 14.7 Å². The number of rotatable bonds is 3. The van der Waals surface area contributed by atoms with Crippen LogP contribution in [-0.2, 0) is 9.53 Å². The van der Waals surface area contributed by atoms with E-state index in [4.69, 9.17) is 4.74 Å². The number of carbonyl (C=O) groups is 1. The summed E-state index contributed by atoms with van der Waals surface area (Å²) in [7, 11) is 0. The number of aromatic nitrogens is 2. The summed E-state index contributed by atoms with van der Waals surface area (Å²) >= 11 is 0. The molecule has 5 heteroatoms. The maximum absolute atomic E-state index is 11.9. The van der Waals surface area contributed by atoms with E-state index in [0.29, 0.717) is 13.2 Å². The summed E-state index contributed by atoms with van der Waals surface area (Å²) in [5.41, 5.74) is 1.86. The number of carbonyl (C=O) groups excluding carboxylic acids is 1. The van der Waals surface area contributed by atoms with Gasteiger partial charge in [0.15, 0.2) is 0 Å². The zero-order valence-electron chi connectivity index (χ0n) is 10.9. The smallest absolute Gasteiger partial charge is 0.310 e. The van der Waals surface area contributed by atoms with Crippen molar-refractivity contribution in [3.8, 4) is 0 Å². The molecule has 0 saturated carbocycles. The van der Waals surface area contributed by atoms with Crippen molar-refractivity contribution in [3.05, 3.63) is 36.3 Å². The summed E-state index contributed by atoms with van der Waals surface area (Å²) in [6, 6.07) is 5.89. The second-order valence-electron chi connectivity index (χ2n) is 4.76. The van der Waals surface area contributed by atoms with E-state index in [1.807, 2.05) is 41.9 Å². The lowest BCUT2D eigenvalue weighted by atomic mass is 9.93. The molecule has 3 heterocycles. The largest absolute Gasteiger partial charge is 0.466 e. The van der Waals surface area contributed by atoms with Crippen molar-refractivity contribution in [2.45, 2.75) is 12.8 Å². The molecule has 2 atom stereocenters. The number of esters is 1. The van der Waals surface area contributed by atoms with Crippen molar-refractivity contribution in [2.75, 3.05) is 19.7 Å². The third kappa shape index (κ3) is 2.21. The van der Waals surface area contributed by atoms with Crippen molar-refractivity contribution < 1.29 is 9.53 Å². The number of imidazole rings is 1. The second kappa shape index (κ2) is 5.01. The zero-order valence-corrected chi connectivity index (χ0v) is 10.9. The molecule has 1 saturated heterocycles. The van der Waals surface area contributed by atoms with Gasteiger partial charge in [0.05, 0.1) is 18.2 Å². The van der Waals surface area contributed by atoms with Gasteiger partial charge in [-0.05, 0) is 19.1 Å². The molecule has 3 rings (SSSR count). The van der Waals surface area contributed by atoms with Crippen LogP contribution in [0.2, 0.25) is 0 Å². The third-order valence-electron chi connectivity index (χ3n) is 3.57. The van der Waals surface area contributed by atoms with E-state index < -0.39 is 0 Å². The first-order chi connectivity index (χ1) is 9.29. The van der Waals surface area contributed by atoms with Gasteiger partial charge in [-0.25, -0.2) is 4.98 Å². The highest BCUT2D eigenvalue weighted by atomic mass is 16.5. The summed E-state index contributed by atoms with van der Waals surface area (Å²) in [6.45, 7) is 3.69. The summed E-state index contributed by atoms with van der Waals surface area (Å²) in [5.74, 6) is -0.168. The van der Waals surface area contributed by atoms with Crippen molar-refractivity contribution in [3.63, 3.8) is 0 Å². The van der Waals surface area contributed by atoms with E-state index in [9.17, 15) is 4.79 Å². The van der Waals surface area contributed by atoms with Gasteiger partial charge in [0.1, 0.15) is 5.65 Å². The Kier molecular flexibility index (Phi) is 3.21. The Bertz CT molecular complexity index is 560. The molecule has 19 heavy (non-hydrogen) atoms. The van der Waals surface area contributed by atoms with Gasteiger partial charge >= 0.3 is 5.97 Å². The molecule has 2 aromatic heterocycles. The van der Waals surface area contributed by atoms with Crippen LogP contribution >= 0.6 is 0 Å². The first-order valence-corrected chi connectivity index (χ1v) is 6.60. The number of pyridine rings is 1. The van der Waals surface area contributed by atoms with Crippen LogP contribution in [0.5, 0.6) is 0 Å². The highest BCUT2D eigenvalue weighted by Crippen LogP contribution is 2.28. The molecule has 0 amide bonds. The van der Waals surface area contributed by atoms with Crippen molar-refractivity contribution >= 4 is 11.6 Å². The topological polar surface area (TPSA) is 55.6 Å². The molecule has 0 bridgehead atoms. The van der Waals surface area contributed by atoms with Gasteiger partial charge in [-0.15, -0.1) is 0 Å². The zero-order chi connectivity index (χ0) is 13.2. The summed E-state index contributed by atoms with van der Waals surface area (Å²) in [4.78, 5) is 16.6. The Morgan fingerprint density at radius 1 is 1.53 bits per heavy atom. The van der Waals surface area contributed by atoms with Crippen molar-refractivity contribution in [1.29, 1.82) is 0 Å². The van der Waals surface area contributed by atoms with E-state index >= 15 is 0 Å². The summed E-state index contributed by atoms with van der Waals surface area (Å²) in [6.07, 6.45) is 3.97. The van der Waals surface area contributed by atoms with Crippen LogP contribution in [-0.4, -0.2) is 35.1 Å². The molecule has 1 aliphatic heterocycles. The molecule has 0 aliphatic carbocycles. The van der Waals surface area contributed by atoms with E-state index in [2.05, 4.69) is 10.3 Å². The number of hydrogen-bond acceptors (Lipinski definition) is 4. The lowest BCUT2D eigenvalue weighted by molar-refractivity contribution is -0.147. The Morgan fingerprint density at radius 2 is 2.42 bits per heavy atom. The number of nitrogens with one attached hydrogen (secondary N) is 1. The normalized spacial score (nSPS) is 22.8. The van der Waals surface area contributed by atoms with Crippen molar-refractivity contribution in [2.24, 2.45) is 5.92 Å². The number of fused-ring (bicyclic) bond motifs is 1. The molecule has 1 aliphatic rings. The molecule has 2 unspecified atom stereocenters. The monoisotopic (exact) mass is 259 g/mol. The lowest BCUT2D eigenvalue weighted by Crippen LogP contribution is -2.24. The minimum Gasteiger partial charge on any atom is -0.466 e. The highest BCUT2D eigenvalue weighted by Gasteiger charge is 2.36. The Balaban J connectivity index is 1.89. The van der Waals surface area contributed by atoms with Crippen LogP contribution in [0.3, 0.4) is 0 Å². The van der Waals surface area contributed by atoms with E-state index in [-0.39, 0.29) is 17.8 Å². The molecule has 0 radical (unpaired) electrons. The quantitative estimate of drug-likeness (QED) is 0.842. The van der Waals surface area contributed by atoms with Gasteiger partial charge in [-0.1, -0.05) is 6.07 Å². The standard InChI is InChI=1S/C14H17N3O2/c1-2-19-14(18)11-8-15-7-10(11)12-9-17-6-4-3-5-13(17)16-12/h3-6,9-11,15H,2,7-8H2,1H3. The minimum absolute atomic E-state index is 0.0962. The van der Waals surface area contributed by atoms with Gasteiger partial charge in [-0.2, -0.15) is 0 Å². The molecule has 0 aromatic carbocycles. The fourth-order valence-electron chi connectivity index (χ4n) is 2.62. The molecule has 1 fully saturated rings. The first-order valence-electron chi connectivity index (χ1n) is 6.60. The van der Waals surface area contributed by atoms with Gasteiger partial charge in [0, 0.05) is 31.4 Å². The van der Waals surface area contributed by atoms with Crippen LogP contribution in [0.25, 0.3) is 5.65 Å². The van der Waals surface area contributed by atoms with E-state index in [1.165, 1.54) is 0 Å². The summed E-state index contributed by atoms with van der Waals surface area (Å²) in [5, 5.41) is 3.25. The molecule has 5 nitrogen and oxygen atoms in total. The average molecular weight is 259 g/mol. The molecule has 2 aromatic rings. The fourth-order valence-corrected chi connectivity index (χ4v) is 2.62. The minimum atomic E-state index is -0.134.